The summed E-state index contributed by atoms with van der Waals surface area (Å²) >= 11 is 3.32. The van der Waals surface area contributed by atoms with Gasteiger partial charge in [0.1, 0.15) is 17.3 Å². The second-order valence-corrected chi connectivity index (χ2v) is 6.40. The summed E-state index contributed by atoms with van der Waals surface area (Å²) in [7, 11) is 1.56. The number of carbonyl (C=O) groups is 1. The van der Waals surface area contributed by atoms with Crippen LogP contribution in [0.2, 0.25) is 0 Å². The smallest absolute Gasteiger partial charge is 0.270 e. The van der Waals surface area contributed by atoms with Gasteiger partial charge in [-0.05, 0) is 70.5 Å². The number of hydrogen-bond donors (Lipinski definition) is 0. The fourth-order valence-corrected chi connectivity index (χ4v) is 2.98. The van der Waals surface area contributed by atoms with Crippen LogP contribution in [-0.2, 0) is 0 Å². The molecular weight excluding hydrogens is 414 g/mol. The number of nitro benzene ring substituents is 1. The number of benzene rings is 2. The second kappa shape index (κ2) is 8.01. The van der Waals surface area contributed by atoms with Gasteiger partial charge in [0.2, 0.25) is 0 Å². The Hall–Kier alpha value is -3.19. The molecule has 7 heteroatoms. The summed E-state index contributed by atoms with van der Waals surface area (Å²) in [5.74, 6) is 1.55. The molecule has 0 N–H and O–H groups in total. The van der Waals surface area contributed by atoms with E-state index in [1.54, 1.807) is 55.7 Å². The Kier molecular flexibility index (Phi) is 5.52. The first-order valence-electron chi connectivity index (χ1n) is 7.88. The minimum Gasteiger partial charge on any atom is -0.497 e. The number of furan rings is 1. The molecule has 1 heterocycles. The molecule has 27 heavy (non-hydrogen) atoms. The van der Waals surface area contributed by atoms with Crippen LogP contribution in [0.15, 0.2) is 69.6 Å². The number of ketones is 1. The van der Waals surface area contributed by atoms with Gasteiger partial charge in [0.25, 0.3) is 5.69 Å². The molecule has 0 saturated heterocycles. The molecule has 0 unspecified atom stereocenters. The van der Waals surface area contributed by atoms with Gasteiger partial charge in [0, 0.05) is 27.7 Å². The lowest BCUT2D eigenvalue weighted by Crippen LogP contribution is -1.93. The molecule has 0 aliphatic heterocycles. The molecular formula is C20H14BrNO5. The third-order valence-corrected chi connectivity index (χ3v) is 4.49. The number of carbonyl (C=O) groups excluding carboxylic acids is 1. The Morgan fingerprint density at radius 2 is 1.89 bits per heavy atom. The van der Waals surface area contributed by atoms with Crippen LogP contribution in [0.4, 0.5) is 5.69 Å². The molecule has 0 radical (unpaired) electrons. The molecule has 0 spiro atoms. The summed E-state index contributed by atoms with van der Waals surface area (Å²) in [5.41, 5.74) is 1.21. The minimum atomic E-state index is -0.463. The molecule has 2 aromatic carbocycles. The van der Waals surface area contributed by atoms with Crippen molar-refractivity contribution in [1.29, 1.82) is 0 Å². The number of rotatable bonds is 6. The van der Waals surface area contributed by atoms with E-state index < -0.39 is 4.92 Å². The van der Waals surface area contributed by atoms with Crippen molar-refractivity contribution >= 4 is 33.5 Å². The van der Waals surface area contributed by atoms with E-state index in [4.69, 9.17) is 9.15 Å². The highest BCUT2D eigenvalue weighted by Crippen LogP contribution is 2.32. The molecule has 6 nitrogen and oxygen atoms in total. The topological polar surface area (TPSA) is 82.6 Å². The minimum absolute atomic E-state index is 0.0117. The molecule has 0 bridgehead atoms. The molecule has 0 fully saturated rings. The van der Waals surface area contributed by atoms with Gasteiger partial charge in [-0.3, -0.25) is 14.9 Å². The molecule has 0 saturated carbocycles. The Bertz CT molecular complexity index is 1020. The molecule has 0 aliphatic carbocycles. The van der Waals surface area contributed by atoms with Crippen molar-refractivity contribution in [2.24, 2.45) is 0 Å². The molecule has 1 aromatic heterocycles. The van der Waals surface area contributed by atoms with Gasteiger partial charge < -0.3 is 9.15 Å². The van der Waals surface area contributed by atoms with Gasteiger partial charge >= 0.3 is 0 Å². The van der Waals surface area contributed by atoms with E-state index in [0.717, 1.165) is 0 Å². The number of hydrogen-bond acceptors (Lipinski definition) is 5. The number of non-ortho nitro benzene ring substituents is 1. The van der Waals surface area contributed by atoms with Crippen LogP contribution in [0.5, 0.6) is 5.75 Å². The zero-order valence-corrected chi connectivity index (χ0v) is 15.8. The number of halogens is 1. The van der Waals surface area contributed by atoms with Crippen molar-refractivity contribution in [1.82, 2.24) is 0 Å². The van der Waals surface area contributed by atoms with Crippen LogP contribution in [0.3, 0.4) is 0 Å². The summed E-state index contributed by atoms with van der Waals surface area (Å²) in [5, 5.41) is 10.8. The third kappa shape index (κ3) is 4.32. The summed E-state index contributed by atoms with van der Waals surface area (Å²) in [6.45, 7) is 0. The van der Waals surface area contributed by atoms with E-state index in [1.807, 2.05) is 0 Å². The number of nitro groups is 1. The summed E-state index contributed by atoms with van der Waals surface area (Å²) in [6.07, 6.45) is 3.00. The van der Waals surface area contributed by atoms with Crippen LogP contribution in [-0.4, -0.2) is 17.8 Å². The number of allylic oxidation sites excluding steroid dienone is 1. The maximum Gasteiger partial charge on any atom is 0.270 e. The standard InChI is InChI=1S/C20H14BrNO5/c1-26-15-5-2-13(3-6-15)19(23)10-7-16-8-11-20(27-16)17-9-4-14(22(24)25)12-18(17)21/h2-12H,1H3/b10-7+. The van der Waals surface area contributed by atoms with Crippen LogP contribution < -0.4 is 4.74 Å². The summed E-state index contributed by atoms with van der Waals surface area (Å²) in [4.78, 5) is 22.6. The monoisotopic (exact) mass is 427 g/mol. The zero-order valence-electron chi connectivity index (χ0n) is 14.2. The lowest BCUT2D eigenvalue weighted by molar-refractivity contribution is -0.384. The molecule has 136 valence electrons. The Balaban J connectivity index is 1.76. The van der Waals surface area contributed by atoms with Gasteiger partial charge in [0.05, 0.1) is 12.0 Å². The first-order valence-corrected chi connectivity index (χ1v) is 8.68. The maximum atomic E-state index is 12.2. The highest BCUT2D eigenvalue weighted by atomic mass is 79.9. The van der Waals surface area contributed by atoms with Gasteiger partial charge in [-0.1, -0.05) is 0 Å². The molecule has 3 rings (SSSR count). The predicted octanol–water partition coefficient (Wildman–Crippen LogP) is 5.52. The lowest BCUT2D eigenvalue weighted by Gasteiger charge is -2.01. The normalized spacial score (nSPS) is 10.9. The average Bonchev–Trinajstić information content (AvgIpc) is 3.14. The van der Waals surface area contributed by atoms with Crippen molar-refractivity contribution in [3.05, 3.63) is 86.6 Å². The SMILES string of the molecule is COc1ccc(C(=O)/C=C/c2ccc(-c3ccc([N+](=O)[O-])cc3Br)o2)cc1. The number of methoxy groups -OCH3 is 1. The van der Waals surface area contributed by atoms with E-state index in [1.165, 1.54) is 18.2 Å². The number of nitrogens with zero attached hydrogens (tertiary/aromatic N) is 1. The lowest BCUT2D eigenvalue weighted by atomic mass is 10.1. The van der Waals surface area contributed by atoms with E-state index >= 15 is 0 Å². The molecule has 3 aromatic rings. The van der Waals surface area contributed by atoms with Crippen molar-refractivity contribution in [2.75, 3.05) is 7.11 Å². The first-order chi connectivity index (χ1) is 13.0. The summed E-state index contributed by atoms with van der Waals surface area (Å²) < 4.78 is 11.3. The Morgan fingerprint density at radius 3 is 2.52 bits per heavy atom. The van der Waals surface area contributed by atoms with Crippen LogP contribution in [0, 0.1) is 10.1 Å². The van der Waals surface area contributed by atoms with E-state index in [2.05, 4.69) is 15.9 Å². The van der Waals surface area contributed by atoms with E-state index in [0.29, 0.717) is 32.9 Å². The average molecular weight is 428 g/mol. The largest absolute Gasteiger partial charge is 0.497 e. The fourth-order valence-electron chi connectivity index (χ4n) is 2.41. The number of ether oxygens (including phenoxy) is 1. The first kappa shape index (κ1) is 18.6. The van der Waals surface area contributed by atoms with Crippen molar-refractivity contribution < 1.29 is 18.9 Å². The fraction of sp³-hybridized carbons (Fsp3) is 0.0500. The van der Waals surface area contributed by atoms with Crippen LogP contribution >= 0.6 is 15.9 Å². The van der Waals surface area contributed by atoms with Crippen LogP contribution in [0.1, 0.15) is 16.1 Å². The van der Waals surface area contributed by atoms with Gasteiger partial charge in [0.15, 0.2) is 5.78 Å². The highest BCUT2D eigenvalue weighted by Gasteiger charge is 2.13. The molecule has 0 amide bonds. The van der Waals surface area contributed by atoms with Gasteiger partial charge in [-0.25, -0.2) is 0 Å². The zero-order chi connectivity index (χ0) is 19.4. The third-order valence-electron chi connectivity index (χ3n) is 3.83. The molecule has 0 aliphatic rings. The van der Waals surface area contributed by atoms with Crippen LogP contribution in [0.25, 0.3) is 17.4 Å². The quantitative estimate of drug-likeness (QED) is 0.223. The van der Waals surface area contributed by atoms with E-state index in [9.17, 15) is 14.9 Å². The van der Waals surface area contributed by atoms with Crippen molar-refractivity contribution in [3.63, 3.8) is 0 Å². The molecule has 0 atom stereocenters. The summed E-state index contributed by atoms with van der Waals surface area (Å²) in [6, 6.07) is 14.7. The predicted molar refractivity (Wildman–Crippen MR) is 105 cm³/mol. The van der Waals surface area contributed by atoms with Gasteiger partial charge in [-0.2, -0.15) is 0 Å². The second-order valence-electron chi connectivity index (χ2n) is 5.55. The van der Waals surface area contributed by atoms with Crippen molar-refractivity contribution in [2.45, 2.75) is 0 Å². The Labute approximate surface area is 163 Å². The Morgan fingerprint density at radius 1 is 1.15 bits per heavy atom. The van der Waals surface area contributed by atoms with E-state index in [-0.39, 0.29) is 11.5 Å². The van der Waals surface area contributed by atoms with Crippen molar-refractivity contribution in [3.8, 4) is 17.1 Å². The maximum absolute atomic E-state index is 12.2. The highest BCUT2D eigenvalue weighted by molar-refractivity contribution is 9.10. The van der Waals surface area contributed by atoms with Gasteiger partial charge in [-0.15, -0.1) is 0 Å².